The molecule has 0 spiro atoms. The molecule has 0 fully saturated rings. The number of fused-ring (bicyclic) bond motifs is 1. The van der Waals surface area contributed by atoms with Crippen molar-refractivity contribution in [3.63, 3.8) is 0 Å². The first-order valence-electron chi connectivity index (χ1n) is 6.88. The highest BCUT2D eigenvalue weighted by molar-refractivity contribution is 6.28. The number of benzene rings is 1. The molecule has 2 heterocycles. The van der Waals surface area contributed by atoms with Crippen molar-refractivity contribution in [1.29, 1.82) is 0 Å². The summed E-state index contributed by atoms with van der Waals surface area (Å²) in [6.07, 6.45) is 3.61. The van der Waals surface area contributed by atoms with Crippen LogP contribution in [-0.2, 0) is 0 Å². The Bertz CT molecular complexity index is 770. The van der Waals surface area contributed by atoms with Gasteiger partial charge in [0.1, 0.15) is 5.75 Å². The highest BCUT2D eigenvalue weighted by Crippen LogP contribution is 2.40. The van der Waals surface area contributed by atoms with E-state index in [1.54, 1.807) is 13.3 Å². The molecule has 0 radical (unpaired) electrons. The van der Waals surface area contributed by atoms with Gasteiger partial charge in [0.05, 0.1) is 24.7 Å². The lowest BCUT2D eigenvalue weighted by Crippen LogP contribution is -2.26. The predicted octanol–water partition coefficient (Wildman–Crippen LogP) is 3.58. The van der Waals surface area contributed by atoms with Crippen molar-refractivity contribution in [3.05, 3.63) is 65.2 Å². The summed E-state index contributed by atoms with van der Waals surface area (Å²) in [4.78, 5) is 10.6. The number of methoxy groups -OCH3 is 1. The third-order valence-corrected chi connectivity index (χ3v) is 3.92. The fraction of sp³-hybridized carbons (Fsp3) is 0.176. The Balaban J connectivity index is 2.32. The summed E-state index contributed by atoms with van der Waals surface area (Å²) in [6.45, 7) is 4.67. The lowest BCUT2D eigenvalue weighted by molar-refractivity contribution is 0.413. The molecule has 1 aromatic carbocycles. The number of ether oxygens (including phenoxy) is 1. The molecule has 1 aliphatic rings. The first kappa shape index (κ1) is 14.6. The number of likely N-dealkylation sites (N-methyl/N-ethyl adjacent to an activating group) is 1. The monoisotopic (exact) mass is 313 g/mol. The second kappa shape index (κ2) is 5.81. The van der Waals surface area contributed by atoms with Crippen LogP contribution in [0.3, 0.4) is 0 Å². The standard InChI is InChI=1S/C17H16ClN3O/c1-4-11-10-21(2)13-9-19-17(18)20-16(13)15(11)12-7-5-6-8-14(12)22-3/h4-9H,1,10H2,2-3H3. The van der Waals surface area contributed by atoms with E-state index >= 15 is 0 Å². The molecule has 1 aromatic heterocycles. The average molecular weight is 314 g/mol. The first-order valence-corrected chi connectivity index (χ1v) is 7.26. The number of hydrogen-bond donors (Lipinski definition) is 0. The van der Waals surface area contributed by atoms with Crippen LogP contribution in [0.25, 0.3) is 5.57 Å². The molecule has 0 unspecified atom stereocenters. The van der Waals surface area contributed by atoms with E-state index in [2.05, 4.69) is 21.4 Å². The summed E-state index contributed by atoms with van der Waals surface area (Å²) < 4.78 is 5.51. The molecule has 0 bridgehead atoms. The fourth-order valence-corrected chi connectivity index (χ4v) is 2.84. The highest BCUT2D eigenvalue weighted by atomic mass is 35.5. The zero-order chi connectivity index (χ0) is 15.7. The minimum absolute atomic E-state index is 0.227. The Labute approximate surface area is 134 Å². The van der Waals surface area contributed by atoms with E-state index in [0.717, 1.165) is 40.4 Å². The van der Waals surface area contributed by atoms with E-state index < -0.39 is 0 Å². The summed E-state index contributed by atoms with van der Waals surface area (Å²) in [5.41, 5.74) is 4.78. The van der Waals surface area contributed by atoms with E-state index in [4.69, 9.17) is 16.3 Å². The maximum Gasteiger partial charge on any atom is 0.223 e. The van der Waals surface area contributed by atoms with Gasteiger partial charge >= 0.3 is 0 Å². The lowest BCUT2D eigenvalue weighted by Gasteiger charge is -2.30. The van der Waals surface area contributed by atoms with Crippen LogP contribution < -0.4 is 9.64 Å². The second-order valence-corrected chi connectivity index (χ2v) is 5.37. The van der Waals surface area contributed by atoms with Gasteiger partial charge < -0.3 is 9.64 Å². The molecule has 0 saturated carbocycles. The van der Waals surface area contributed by atoms with Gasteiger partial charge in [0.25, 0.3) is 0 Å². The summed E-state index contributed by atoms with van der Waals surface area (Å²) in [6, 6.07) is 7.87. The van der Waals surface area contributed by atoms with Gasteiger partial charge in [-0.3, -0.25) is 0 Å². The van der Waals surface area contributed by atoms with Gasteiger partial charge in [-0.2, -0.15) is 0 Å². The molecule has 3 rings (SSSR count). The average Bonchev–Trinajstić information content (AvgIpc) is 2.54. The number of rotatable bonds is 3. The molecule has 0 amide bonds. The minimum atomic E-state index is 0.227. The van der Waals surface area contributed by atoms with Gasteiger partial charge in [0.15, 0.2) is 0 Å². The van der Waals surface area contributed by atoms with E-state index in [-0.39, 0.29) is 5.28 Å². The van der Waals surface area contributed by atoms with Crippen molar-refractivity contribution in [3.8, 4) is 5.75 Å². The third-order valence-electron chi connectivity index (χ3n) is 3.74. The molecular weight excluding hydrogens is 298 g/mol. The summed E-state index contributed by atoms with van der Waals surface area (Å²) in [7, 11) is 3.66. The molecule has 4 nitrogen and oxygen atoms in total. The van der Waals surface area contributed by atoms with Crippen LogP contribution in [0.5, 0.6) is 5.75 Å². The van der Waals surface area contributed by atoms with Crippen LogP contribution in [0.15, 0.2) is 48.7 Å². The van der Waals surface area contributed by atoms with Crippen LogP contribution in [-0.4, -0.2) is 30.7 Å². The number of hydrogen-bond acceptors (Lipinski definition) is 4. The second-order valence-electron chi connectivity index (χ2n) is 5.03. The Morgan fingerprint density at radius 3 is 2.86 bits per heavy atom. The summed E-state index contributed by atoms with van der Waals surface area (Å²) >= 11 is 6.02. The van der Waals surface area contributed by atoms with Crippen LogP contribution in [0, 0.1) is 0 Å². The third kappa shape index (κ3) is 2.35. The Morgan fingerprint density at radius 2 is 2.14 bits per heavy atom. The number of para-hydroxylation sites is 1. The molecule has 5 heteroatoms. The van der Waals surface area contributed by atoms with Crippen LogP contribution >= 0.6 is 11.6 Å². The molecule has 0 aliphatic carbocycles. The van der Waals surface area contributed by atoms with Gasteiger partial charge in [-0.05, 0) is 23.2 Å². The van der Waals surface area contributed by atoms with Crippen molar-refractivity contribution < 1.29 is 4.74 Å². The van der Waals surface area contributed by atoms with Gasteiger partial charge in [0.2, 0.25) is 5.28 Å². The van der Waals surface area contributed by atoms with Gasteiger partial charge in [-0.15, -0.1) is 0 Å². The zero-order valence-electron chi connectivity index (χ0n) is 12.5. The van der Waals surface area contributed by atoms with Crippen LogP contribution in [0.4, 0.5) is 5.69 Å². The summed E-state index contributed by atoms with van der Waals surface area (Å²) in [5, 5.41) is 0.227. The van der Waals surface area contributed by atoms with E-state index in [1.807, 2.05) is 37.4 Å². The van der Waals surface area contributed by atoms with Crippen LogP contribution in [0.1, 0.15) is 11.3 Å². The Morgan fingerprint density at radius 1 is 1.36 bits per heavy atom. The molecular formula is C17H16ClN3O. The van der Waals surface area contributed by atoms with Crippen molar-refractivity contribution >= 4 is 22.9 Å². The fourth-order valence-electron chi connectivity index (χ4n) is 2.71. The summed E-state index contributed by atoms with van der Waals surface area (Å²) in [5.74, 6) is 0.794. The maximum atomic E-state index is 6.02. The SMILES string of the molecule is C=CC1=C(c2ccccc2OC)c2nc(Cl)ncc2N(C)C1. The van der Waals surface area contributed by atoms with Gasteiger partial charge in [0, 0.05) is 24.7 Å². The maximum absolute atomic E-state index is 6.02. The highest BCUT2D eigenvalue weighted by Gasteiger charge is 2.26. The zero-order valence-corrected chi connectivity index (χ0v) is 13.3. The predicted molar refractivity (Wildman–Crippen MR) is 89.5 cm³/mol. The first-order chi connectivity index (χ1) is 10.7. The topological polar surface area (TPSA) is 38.3 Å². The Hall–Kier alpha value is -2.33. The van der Waals surface area contributed by atoms with Gasteiger partial charge in [-0.25, -0.2) is 9.97 Å². The molecule has 112 valence electrons. The largest absolute Gasteiger partial charge is 0.496 e. The molecule has 2 aromatic rings. The smallest absolute Gasteiger partial charge is 0.223 e. The molecule has 0 saturated heterocycles. The molecule has 1 aliphatic heterocycles. The van der Waals surface area contributed by atoms with E-state index in [0.29, 0.717) is 0 Å². The number of halogens is 1. The van der Waals surface area contributed by atoms with E-state index in [9.17, 15) is 0 Å². The molecule has 0 atom stereocenters. The number of aromatic nitrogens is 2. The van der Waals surface area contributed by atoms with Crippen molar-refractivity contribution in [2.45, 2.75) is 0 Å². The van der Waals surface area contributed by atoms with Crippen LogP contribution in [0.2, 0.25) is 5.28 Å². The van der Waals surface area contributed by atoms with E-state index in [1.165, 1.54) is 0 Å². The minimum Gasteiger partial charge on any atom is -0.496 e. The molecule has 0 N–H and O–H groups in total. The Kier molecular flexibility index (Phi) is 3.86. The van der Waals surface area contributed by atoms with Gasteiger partial charge in [-0.1, -0.05) is 30.9 Å². The normalized spacial score (nSPS) is 13.9. The van der Waals surface area contributed by atoms with Crippen molar-refractivity contribution in [2.24, 2.45) is 0 Å². The lowest BCUT2D eigenvalue weighted by atomic mass is 9.92. The molecule has 22 heavy (non-hydrogen) atoms. The van der Waals surface area contributed by atoms with Crippen molar-refractivity contribution in [2.75, 3.05) is 25.6 Å². The number of anilines is 1. The van der Waals surface area contributed by atoms with Crippen molar-refractivity contribution in [1.82, 2.24) is 9.97 Å². The number of nitrogens with zero attached hydrogens (tertiary/aromatic N) is 3. The quantitative estimate of drug-likeness (QED) is 0.812.